The maximum Gasteiger partial charge on any atom is 0.511 e. The molecule has 1 N–H and O–H groups in total. The SMILES string of the molecule is CCOC(=O)C1=C2C[C@H](NS(=O)(=O)C(F)(F)F)CN2C(c2nccs2)=N[C@H]1c1ccc(F)cc1Cl. The van der Waals surface area contributed by atoms with Crippen LogP contribution in [0, 0.1) is 5.82 Å². The Hall–Kier alpha value is -2.55. The van der Waals surface area contributed by atoms with Gasteiger partial charge in [-0.15, -0.1) is 11.3 Å². The van der Waals surface area contributed by atoms with E-state index in [4.69, 9.17) is 16.3 Å². The Balaban J connectivity index is 1.86. The number of ether oxygens (including phenoxy) is 1. The van der Waals surface area contributed by atoms with Crippen LogP contribution in [0.2, 0.25) is 5.02 Å². The van der Waals surface area contributed by atoms with Crippen molar-refractivity contribution < 1.29 is 35.5 Å². The van der Waals surface area contributed by atoms with Crippen LogP contribution in [-0.2, 0) is 19.6 Å². The number of carbonyl (C=O) groups excluding carboxylic acids is 1. The molecule has 1 fully saturated rings. The van der Waals surface area contributed by atoms with Gasteiger partial charge >= 0.3 is 21.5 Å². The van der Waals surface area contributed by atoms with Gasteiger partial charge in [0.15, 0.2) is 10.8 Å². The summed E-state index contributed by atoms with van der Waals surface area (Å²) in [6.07, 6.45) is 1.23. The van der Waals surface area contributed by atoms with Crippen LogP contribution in [0.3, 0.4) is 0 Å². The van der Waals surface area contributed by atoms with Crippen LogP contribution in [0.25, 0.3) is 0 Å². The van der Waals surface area contributed by atoms with Gasteiger partial charge in [-0.1, -0.05) is 17.7 Å². The number of aromatic nitrogens is 1. The Bertz CT molecular complexity index is 1310. The molecule has 2 aromatic rings. The highest BCUT2D eigenvalue weighted by Gasteiger charge is 2.49. The van der Waals surface area contributed by atoms with Gasteiger partial charge in [-0.25, -0.2) is 27.3 Å². The topological polar surface area (TPSA) is 101 Å². The number of amidine groups is 1. The van der Waals surface area contributed by atoms with Crippen molar-refractivity contribution in [3.63, 3.8) is 0 Å². The molecule has 0 radical (unpaired) electrons. The number of hydrogen-bond donors (Lipinski definition) is 1. The highest BCUT2D eigenvalue weighted by molar-refractivity contribution is 7.90. The summed E-state index contributed by atoms with van der Waals surface area (Å²) in [4.78, 5) is 23.3. The summed E-state index contributed by atoms with van der Waals surface area (Å²) in [5, 5.41) is 2.01. The summed E-state index contributed by atoms with van der Waals surface area (Å²) in [5.74, 6) is -1.21. The van der Waals surface area contributed by atoms with E-state index in [0.29, 0.717) is 5.01 Å². The fourth-order valence-corrected chi connectivity index (χ4v) is 5.52. The van der Waals surface area contributed by atoms with Crippen molar-refractivity contribution in [2.75, 3.05) is 13.2 Å². The van der Waals surface area contributed by atoms with Crippen molar-refractivity contribution in [2.45, 2.75) is 30.9 Å². The number of hydrogen-bond acceptors (Lipinski definition) is 8. The quantitative estimate of drug-likeness (QED) is 0.432. The van der Waals surface area contributed by atoms with Gasteiger partial charge in [0.25, 0.3) is 0 Å². The van der Waals surface area contributed by atoms with E-state index >= 15 is 0 Å². The van der Waals surface area contributed by atoms with E-state index in [2.05, 4.69) is 9.98 Å². The minimum Gasteiger partial charge on any atom is -0.463 e. The lowest BCUT2D eigenvalue weighted by atomic mass is 9.94. The van der Waals surface area contributed by atoms with Crippen LogP contribution in [0.4, 0.5) is 17.6 Å². The molecule has 35 heavy (non-hydrogen) atoms. The molecule has 1 aromatic carbocycles. The summed E-state index contributed by atoms with van der Waals surface area (Å²) in [6, 6.07) is 1.21. The van der Waals surface area contributed by atoms with E-state index in [0.717, 1.165) is 12.1 Å². The number of thiazole rings is 1. The zero-order valence-electron chi connectivity index (χ0n) is 17.8. The number of fused-ring (bicyclic) bond motifs is 1. The number of alkyl halides is 3. The molecule has 2 aliphatic rings. The largest absolute Gasteiger partial charge is 0.511 e. The molecule has 0 amide bonds. The summed E-state index contributed by atoms with van der Waals surface area (Å²) in [7, 11) is -5.65. The predicted molar refractivity (Wildman–Crippen MR) is 120 cm³/mol. The molecule has 0 aliphatic carbocycles. The first-order chi connectivity index (χ1) is 16.4. The predicted octanol–water partition coefficient (Wildman–Crippen LogP) is 3.77. The molecule has 1 aromatic heterocycles. The number of nitrogens with zero attached hydrogens (tertiary/aromatic N) is 3. The van der Waals surface area contributed by atoms with E-state index in [1.54, 1.807) is 17.0 Å². The Kier molecular flexibility index (Phi) is 6.92. The van der Waals surface area contributed by atoms with Crippen molar-refractivity contribution >= 4 is 44.8 Å². The number of carbonyl (C=O) groups is 1. The summed E-state index contributed by atoms with van der Waals surface area (Å²) in [5.41, 5.74) is -5.07. The van der Waals surface area contributed by atoms with E-state index in [1.807, 2.05) is 0 Å². The third-order valence-electron chi connectivity index (χ3n) is 5.26. The first-order valence-corrected chi connectivity index (χ1v) is 12.9. The molecule has 2 atom stereocenters. The van der Waals surface area contributed by atoms with E-state index in [9.17, 15) is 30.8 Å². The lowest BCUT2D eigenvalue weighted by Gasteiger charge is -2.31. The lowest BCUT2D eigenvalue weighted by Crippen LogP contribution is -2.44. The second-order valence-corrected chi connectivity index (χ2v) is 10.5. The van der Waals surface area contributed by atoms with E-state index in [1.165, 1.54) is 28.5 Å². The Morgan fingerprint density at radius 2 is 2.11 bits per heavy atom. The highest BCUT2D eigenvalue weighted by atomic mass is 35.5. The van der Waals surface area contributed by atoms with Gasteiger partial charge < -0.3 is 9.64 Å². The molecule has 0 unspecified atom stereocenters. The first kappa shape index (κ1) is 25.5. The van der Waals surface area contributed by atoms with Crippen LogP contribution < -0.4 is 4.72 Å². The van der Waals surface area contributed by atoms with Crippen LogP contribution in [0.5, 0.6) is 0 Å². The van der Waals surface area contributed by atoms with Gasteiger partial charge in [0, 0.05) is 46.9 Å². The maximum absolute atomic E-state index is 13.7. The van der Waals surface area contributed by atoms with E-state index < -0.39 is 39.4 Å². The molecule has 0 saturated carbocycles. The Morgan fingerprint density at radius 3 is 2.71 bits per heavy atom. The average molecular weight is 553 g/mol. The van der Waals surface area contributed by atoms with Crippen LogP contribution in [-0.4, -0.2) is 54.8 Å². The molecule has 188 valence electrons. The van der Waals surface area contributed by atoms with Crippen molar-refractivity contribution in [1.29, 1.82) is 0 Å². The fourth-order valence-electron chi connectivity index (χ4n) is 3.88. The van der Waals surface area contributed by atoms with Crippen LogP contribution >= 0.6 is 22.9 Å². The minimum absolute atomic E-state index is 0.00728. The molecule has 3 heterocycles. The number of nitrogens with one attached hydrogen (secondary N) is 1. The number of benzene rings is 1. The van der Waals surface area contributed by atoms with Gasteiger partial charge in [-0.2, -0.15) is 13.2 Å². The third-order valence-corrected chi connectivity index (χ3v) is 7.61. The van der Waals surface area contributed by atoms with Crippen molar-refractivity contribution in [3.8, 4) is 0 Å². The van der Waals surface area contributed by atoms with Gasteiger partial charge in [0.2, 0.25) is 0 Å². The molecule has 2 aliphatic heterocycles. The molecule has 0 bridgehead atoms. The van der Waals surface area contributed by atoms with Crippen molar-refractivity contribution in [2.24, 2.45) is 4.99 Å². The van der Waals surface area contributed by atoms with Crippen molar-refractivity contribution in [3.05, 3.63) is 62.5 Å². The van der Waals surface area contributed by atoms with Crippen molar-refractivity contribution in [1.82, 2.24) is 14.6 Å². The summed E-state index contributed by atoms with van der Waals surface area (Å²) < 4.78 is 83.0. The van der Waals surface area contributed by atoms with Gasteiger partial charge in [-0.05, 0) is 19.1 Å². The molecular weight excluding hydrogens is 536 g/mol. The zero-order chi connectivity index (χ0) is 25.5. The zero-order valence-corrected chi connectivity index (χ0v) is 20.2. The normalized spacial score (nSPS) is 20.6. The third kappa shape index (κ3) is 4.92. The number of aliphatic imine (C=N–C) groups is 1. The number of sulfonamides is 1. The average Bonchev–Trinajstić information content (AvgIpc) is 3.41. The van der Waals surface area contributed by atoms with Crippen LogP contribution in [0.1, 0.15) is 30.0 Å². The standard InChI is InChI=1S/C20H17ClF4N4O4S2/c1-2-33-19(30)15-14-8-11(28-35(31,32)20(23,24)25)9-29(14)17(18-26-5-6-34-18)27-16(15)12-4-3-10(22)7-13(12)21/h3-7,11,16,28H,2,8-9H2,1H3/t11-,16-/m0/s1. The van der Waals surface area contributed by atoms with Gasteiger partial charge in [0.1, 0.15) is 11.9 Å². The minimum atomic E-state index is -5.65. The Labute approximate surface area is 206 Å². The summed E-state index contributed by atoms with van der Waals surface area (Å²) in [6.45, 7) is 1.32. The van der Waals surface area contributed by atoms with E-state index in [-0.39, 0.29) is 47.3 Å². The van der Waals surface area contributed by atoms with Gasteiger partial charge in [0.05, 0.1) is 12.2 Å². The second kappa shape index (κ2) is 9.48. The molecular formula is C20H17ClF4N4O4S2. The fraction of sp³-hybridized carbons (Fsp3) is 0.350. The van der Waals surface area contributed by atoms with Crippen LogP contribution in [0.15, 0.2) is 46.0 Å². The molecule has 15 heteroatoms. The Morgan fingerprint density at radius 1 is 1.37 bits per heavy atom. The molecule has 8 nitrogen and oxygen atoms in total. The number of esters is 1. The first-order valence-electron chi connectivity index (χ1n) is 10.1. The number of rotatable bonds is 6. The second-order valence-electron chi connectivity index (χ2n) is 7.52. The monoisotopic (exact) mass is 552 g/mol. The lowest BCUT2D eigenvalue weighted by molar-refractivity contribution is -0.139. The number of halogens is 5. The summed E-state index contributed by atoms with van der Waals surface area (Å²) >= 11 is 7.45. The maximum atomic E-state index is 13.7. The van der Waals surface area contributed by atoms with Gasteiger partial charge in [-0.3, -0.25) is 4.99 Å². The molecule has 0 spiro atoms. The smallest absolute Gasteiger partial charge is 0.463 e. The molecule has 1 saturated heterocycles. The highest BCUT2D eigenvalue weighted by Crippen LogP contribution is 2.43. The molecule has 4 rings (SSSR count).